The minimum atomic E-state index is -0.0360. The first kappa shape index (κ1) is 12.8. The molecule has 2 heterocycles. The summed E-state index contributed by atoms with van der Waals surface area (Å²) in [5.74, 6) is 0.868. The topological polar surface area (TPSA) is 57.8 Å². The highest BCUT2D eigenvalue weighted by Gasteiger charge is 2.15. The number of nitrogens with one attached hydrogen (secondary N) is 2. The number of carbonyl (C=O) groups excluding carboxylic acids is 1. The second-order valence-electron chi connectivity index (χ2n) is 4.24. The van der Waals surface area contributed by atoms with Gasteiger partial charge in [-0.3, -0.25) is 4.79 Å². The van der Waals surface area contributed by atoms with Gasteiger partial charge in [-0.05, 0) is 24.8 Å². The highest BCUT2D eigenvalue weighted by atomic mass is 32.1. The van der Waals surface area contributed by atoms with Crippen LogP contribution in [0.1, 0.15) is 35.8 Å². The van der Waals surface area contributed by atoms with Crippen molar-refractivity contribution in [2.45, 2.75) is 32.7 Å². The van der Waals surface area contributed by atoms with E-state index in [1.807, 2.05) is 31.4 Å². The van der Waals surface area contributed by atoms with Crippen LogP contribution in [0.3, 0.4) is 0 Å². The largest absolute Gasteiger partial charge is 0.346 e. The molecule has 0 saturated carbocycles. The number of hydrogen-bond acceptors (Lipinski definition) is 3. The van der Waals surface area contributed by atoms with Crippen LogP contribution in [0, 0.1) is 6.92 Å². The maximum Gasteiger partial charge on any atom is 0.225 e. The first-order valence-corrected chi connectivity index (χ1v) is 6.90. The van der Waals surface area contributed by atoms with Crippen LogP contribution in [0.4, 0.5) is 0 Å². The Morgan fingerprint density at radius 1 is 1.61 bits per heavy atom. The van der Waals surface area contributed by atoms with Crippen molar-refractivity contribution in [3.05, 3.63) is 40.1 Å². The summed E-state index contributed by atoms with van der Waals surface area (Å²) in [6, 6.07) is 3.90. The summed E-state index contributed by atoms with van der Waals surface area (Å²) in [7, 11) is 0. The summed E-state index contributed by atoms with van der Waals surface area (Å²) < 4.78 is 0. The molecule has 18 heavy (non-hydrogen) atoms. The van der Waals surface area contributed by atoms with Gasteiger partial charge in [-0.15, -0.1) is 11.3 Å². The van der Waals surface area contributed by atoms with Crippen LogP contribution in [-0.2, 0) is 11.2 Å². The number of aromatic nitrogens is 2. The first-order chi connectivity index (χ1) is 8.69. The van der Waals surface area contributed by atoms with Gasteiger partial charge >= 0.3 is 0 Å². The van der Waals surface area contributed by atoms with Gasteiger partial charge < -0.3 is 10.3 Å². The van der Waals surface area contributed by atoms with Crippen LogP contribution < -0.4 is 5.32 Å². The molecule has 2 N–H and O–H groups in total. The number of thiophene rings is 1. The Hall–Kier alpha value is -1.62. The number of carbonyl (C=O) groups is 1. The molecule has 96 valence electrons. The Bertz CT molecular complexity index is 504. The van der Waals surface area contributed by atoms with Gasteiger partial charge in [0.1, 0.15) is 5.82 Å². The molecular weight excluding hydrogens is 246 g/mol. The van der Waals surface area contributed by atoms with Crippen molar-refractivity contribution in [1.82, 2.24) is 15.3 Å². The third-order valence-corrected chi connectivity index (χ3v) is 3.59. The zero-order valence-corrected chi connectivity index (χ0v) is 11.4. The van der Waals surface area contributed by atoms with Crippen LogP contribution in [0.15, 0.2) is 23.7 Å². The zero-order valence-electron chi connectivity index (χ0n) is 10.6. The Balaban J connectivity index is 1.96. The van der Waals surface area contributed by atoms with Crippen molar-refractivity contribution in [3.63, 3.8) is 0 Å². The van der Waals surface area contributed by atoms with Crippen molar-refractivity contribution >= 4 is 17.2 Å². The molecule has 0 radical (unpaired) electrons. The average molecular weight is 263 g/mol. The molecule has 0 aromatic carbocycles. The molecule has 5 heteroatoms. The van der Waals surface area contributed by atoms with E-state index in [1.54, 1.807) is 17.5 Å². The molecule has 1 amide bonds. The summed E-state index contributed by atoms with van der Waals surface area (Å²) in [5, 5.41) is 4.99. The van der Waals surface area contributed by atoms with E-state index in [9.17, 15) is 4.79 Å². The number of aryl methyl sites for hydroxylation is 1. The molecule has 0 spiro atoms. The van der Waals surface area contributed by atoms with Crippen LogP contribution >= 0.6 is 11.3 Å². The molecule has 1 atom stereocenters. The second-order valence-corrected chi connectivity index (χ2v) is 5.27. The Morgan fingerprint density at radius 3 is 3.00 bits per heavy atom. The summed E-state index contributed by atoms with van der Waals surface area (Å²) in [5.41, 5.74) is 1.01. The van der Waals surface area contributed by atoms with Crippen molar-refractivity contribution in [2.24, 2.45) is 0 Å². The van der Waals surface area contributed by atoms with E-state index in [4.69, 9.17) is 0 Å². The molecule has 0 bridgehead atoms. The molecule has 4 nitrogen and oxygen atoms in total. The molecule has 2 aromatic rings. The predicted octanol–water partition coefficient (Wildman–Crippen LogP) is 2.59. The number of amides is 1. The van der Waals surface area contributed by atoms with Crippen LogP contribution in [0.25, 0.3) is 0 Å². The molecular formula is C13H17N3OS. The van der Waals surface area contributed by atoms with Gasteiger partial charge in [0, 0.05) is 16.8 Å². The third kappa shape index (κ3) is 3.20. The minimum Gasteiger partial charge on any atom is -0.346 e. The number of nitrogens with zero attached hydrogens (tertiary/aromatic N) is 1. The molecule has 0 aliphatic rings. The molecule has 2 rings (SSSR count). The lowest BCUT2D eigenvalue weighted by atomic mass is 10.2. The fraction of sp³-hybridized carbons (Fsp3) is 0.385. The van der Waals surface area contributed by atoms with E-state index >= 15 is 0 Å². The van der Waals surface area contributed by atoms with Gasteiger partial charge in [0.15, 0.2) is 0 Å². The van der Waals surface area contributed by atoms with Gasteiger partial charge in [0.2, 0.25) is 5.91 Å². The Labute approximate surface area is 110 Å². The van der Waals surface area contributed by atoms with Gasteiger partial charge in [0.05, 0.1) is 12.5 Å². The summed E-state index contributed by atoms with van der Waals surface area (Å²) >= 11 is 1.60. The number of H-pyrrole nitrogens is 1. The third-order valence-electron chi connectivity index (χ3n) is 2.71. The number of aromatic amines is 1. The van der Waals surface area contributed by atoms with Crippen LogP contribution in [0.2, 0.25) is 0 Å². The number of hydrogen-bond donors (Lipinski definition) is 2. The molecule has 0 aliphatic heterocycles. The average Bonchev–Trinajstić information content (AvgIpc) is 2.97. The maximum absolute atomic E-state index is 11.9. The van der Waals surface area contributed by atoms with Gasteiger partial charge in [-0.2, -0.15) is 0 Å². The van der Waals surface area contributed by atoms with Gasteiger partial charge in [0.25, 0.3) is 0 Å². The monoisotopic (exact) mass is 263 g/mol. The minimum absolute atomic E-state index is 0.0360. The standard InChI is InChI=1S/C13H17N3OS/c1-3-11(13-14-8-9(2)15-13)16-12(17)7-10-5-4-6-18-10/h4-6,8,11H,3,7H2,1-2H3,(H,14,15)(H,16,17)/t11-/m1/s1. The van der Waals surface area contributed by atoms with E-state index in [2.05, 4.69) is 15.3 Å². The number of imidazole rings is 1. The summed E-state index contributed by atoms with van der Waals surface area (Å²) in [6.07, 6.45) is 3.04. The van der Waals surface area contributed by atoms with Crippen LogP contribution in [0.5, 0.6) is 0 Å². The normalized spacial score (nSPS) is 12.3. The quantitative estimate of drug-likeness (QED) is 0.871. The van der Waals surface area contributed by atoms with E-state index in [0.717, 1.165) is 22.8 Å². The van der Waals surface area contributed by atoms with E-state index in [-0.39, 0.29) is 11.9 Å². The van der Waals surface area contributed by atoms with Gasteiger partial charge in [-0.1, -0.05) is 13.0 Å². The molecule has 0 saturated heterocycles. The van der Waals surface area contributed by atoms with E-state index in [1.165, 1.54) is 0 Å². The van der Waals surface area contributed by atoms with Crippen molar-refractivity contribution in [1.29, 1.82) is 0 Å². The summed E-state index contributed by atoms with van der Waals surface area (Å²) in [4.78, 5) is 20.4. The van der Waals surface area contributed by atoms with E-state index < -0.39 is 0 Å². The number of rotatable bonds is 5. The smallest absolute Gasteiger partial charge is 0.225 e. The predicted molar refractivity (Wildman–Crippen MR) is 72.5 cm³/mol. The lowest BCUT2D eigenvalue weighted by molar-refractivity contribution is -0.121. The highest BCUT2D eigenvalue weighted by molar-refractivity contribution is 7.10. The van der Waals surface area contributed by atoms with Gasteiger partial charge in [-0.25, -0.2) is 4.98 Å². The van der Waals surface area contributed by atoms with Crippen LogP contribution in [-0.4, -0.2) is 15.9 Å². The lowest BCUT2D eigenvalue weighted by Crippen LogP contribution is -2.30. The SMILES string of the molecule is CC[C@@H](NC(=O)Cc1cccs1)c1ncc(C)[nH]1. The Kier molecular flexibility index (Phi) is 4.15. The first-order valence-electron chi connectivity index (χ1n) is 6.02. The highest BCUT2D eigenvalue weighted by Crippen LogP contribution is 2.14. The zero-order chi connectivity index (χ0) is 13.0. The van der Waals surface area contributed by atoms with E-state index in [0.29, 0.717) is 6.42 Å². The fourth-order valence-corrected chi connectivity index (χ4v) is 2.49. The summed E-state index contributed by atoms with van der Waals surface area (Å²) in [6.45, 7) is 3.99. The van der Waals surface area contributed by atoms with Crippen molar-refractivity contribution in [2.75, 3.05) is 0 Å². The fourth-order valence-electron chi connectivity index (χ4n) is 1.79. The molecule has 0 aliphatic carbocycles. The Morgan fingerprint density at radius 2 is 2.44 bits per heavy atom. The molecule has 0 unspecified atom stereocenters. The maximum atomic E-state index is 11.9. The lowest BCUT2D eigenvalue weighted by Gasteiger charge is -2.14. The molecule has 0 fully saturated rings. The molecule has 2 aromatic heterocycles. The van der Waals surface area contributed by atoms with Crippen molar-refractivity contribution in [3.8, 4) is 0 Å². The second kappa shape index (κ2) is 5.82. The van der Waals surface area contributed by atoms with Crippen molar-refractivity contribution < 1.29 is 4.79 Å².